The molecule has 1 N–H and O–H groups in total. The van der Waals surface area contributed by atoms with Gasteiger partial charge in [-0.05, 0) is 88.6 Å². The number of nitrogens with one attached hydrogen (secondary N) is 1. The number of thioether (sulfide) groups is 1. The zero-order valence-electron chi connectivity index (χ0n) is 16.0. The molecule has 3 rings (SSSR count). The Morgan fingerprint density at radius 2 is 1.86 bits per heavy atom. The lowest BCUT2D eigenvalue weighted by Gasteiger charge is -2.39. The third-order valence-electron chi connectivity index (χ3n) is 5.48. The molecule has 28 heavy (non-hydrogen) atoms. The number of imide groups is 1. The maximum atomic E-state index is 13.2. The first-order valence-corrected chi connectivity index (χ1v) is 10.1. The molecule has 2 unspecified atom stereocenters. The van der Waals surface area contributed by atoms with Gasteiger partial charge in [-0.2, -0.15) is 13.2 Å². The molecule has 0 saturated carbocycles. The molecule has 1 aromatic carbocycles. The van der Waals surface area contributed by atoms with Gasteiger partial charge in [0.25, 0.3) is 5.91 Å². The van der Waals surface area contributed by atoms with Gasteiger partial charge in [-0.15, -0.1) is 0 Å². The van der Waals surface area contributed by atoms with E-state index < -0.39 is 17.1 Å². The Labute approximate surface area is 166 Å². The second-order valence-electron chi connectivity index (χ2n) is 7.74. The molecular formula is C19H24F3N3O2S. The van der Waals surface area contributed by atoms with Crippen molar-refractivity contribution in [2.24, 2.45) is 5.92 Å². The van der Waals surface area contributed by atoms with Gasteiger partial charge in [0.15, 0.2) is 0 Å². The van der Waals surface area contributed by atoms with Crippen LogP contribution < -0.4 is 10.2 Å². The number of nitrogens with zero attached hydrogens (tertiary/aromatic N) is 2. The van der Waals surface area contributed by atoms with Crippen molar-refractivity contribution in [3.8, 4) is 0 Å². The van der Waals surface area contributed by atoms with Crippen LogP contribution >= 0.6 is 11.8 Å². The first-order valence-electron chi connectivity index (χ1n) is 9.27. The van der Waals surface area contributed by atoms with Crippen molar-refractivity contribution in [3.63, 3.8) is 0 Å². The van der Waals surface area contributed by atoms with Crippen molar-refractivity contribution in [2.45, 2.75) is 55.6 Å². The lowest BCUT2D eigenvalue weighted by molar-refractivity contribution is -0.124. The number of urea groups is 1. The minimum atomic E-state index is -4.39. The Bertz CT molecular complexity index is 746. The van der Waals surface area contributed by atoms with Gasteiger partial charge in [-0.25, -0.2) is 9.69 Å². The van der Waals surface area contributed by atoms with Crippen molar-refractivity contribution in [3.05, 3.63) is 24.3 Å². The van der Waals surface area contributed by atoms with Crippen LogP contribution in [0.15, 0.2) is 29.2 Å². The molecular weight excluding hydrogens is 391 g/mol. The third kappa shape index (κ3) is 4.00. The number of amides is 3. The van der Waals surface area contributed by atoms with Crippen LogP contribution in [0, 0.1) is 5.92 Å². The Morgan fingerprint density at radius 3 is 2.39 bits per heavy atom. The van der Waals surface area contributed by atoms with E-state index in [1.807, 2.05) is 6.92 Å². The molecule has 154 valence electrons. The predicted octanol–water partition coefficient (Wildman–Crippen LogP) is 4.23. The summed E-state index contributed by atoms with van der Waals surface area (Å²) in [6.07, 6.45) is 2.00. The maximum Gasteiger partial charge on any atom is 0.446 e. The summed E-state index contributed by atoms with van der Waals surface area (Å²) in [4.78, 5) is 28.9. The molecule has 0 bridgehead atoms. The standard InChI is InChI=1S/C19H24F3N3O2S/c1-12(13-5-4-10-23-11-13)25-17(27)24(16(26)18(25,2)3)14-6-8-15(9-7-14)28-19(20,21)22/h6-9,12-13,23H,4-5,10-11H2,1-3H3. The Balaban J connectivity index is 1.84. The van der Waals surface area contributed by atoms with E-state index in [4.69, 9.17) is 0 Å². The lowest BCUT2D eigenvalue weighted by Crippen LogP contribution is -2.53. The first-order chi connectivity index (χ1) is 13.0. The fourth-order valence-electron chi connectivity index (χ4n) is 4.02. The molecule has 2 aliphatic heterocycles. The van der Waals surface area contributed by atoms with Crippen LogP contribution in [0.2, 0.25) is 0 Å². The second-order valence-corrected chi connectivity index (χ2v) is 8.88. The third-order valence-corrected chi connectivity index (χ3v) is 6.22. The zero-order valence-corrected chi connectivity index (χ0v) is 16.9. The normalized spacial score (nSPS) is 24.0. The molecule has 2 saturated heterocycles. The van der Waals surface area contributed by atoms with Gasteiger partial charge in [0.1, 0.15) is 5.54 Å². The van der Waals surface area contributed by atoms with E-state index >= 15 is 0 Å². The molecule has 2 aliphatic rings. The van der Waals surface area contributed by atoms with E-state index in [2.05, 4.69) is 5.32 Å². The molecule has 3 amide bonds. The number of alkyl halides is 3. The predicted molar refractivity (Wildman–Crippen MR) is 102 cm³/mol. The SMILES string of the molecule is CC(C1CCCNC1)N1C(=O)N(c2ccc(SC(F)(F)F)cc2)C(=O)C1(C)C. The van der Waals surface area contributed by atoms with Gasteiger partial charge in [0, 0.05) is 10.9 Å². The van der Waals surface area contributed by atoms with E-state index in [1.165, 1.54) is 24.3 Å². The summed E-state index contributed by atoms with van der Waals surface area (Å²) in [5.74, 6) is -0.125. The molecule has 9 heteroatoms. The smallest absolute Gasteiger partial charge is 0.316 e. The molecule has 0 aliphatic carbocycles. The number of anilines is 1. The molecule has 2 heterocycles. The van der Waals surface area contributed by atoms with Crippen LogP contribution in [-0.4, -0.2) is 47.0 Å². The molecule has 0 spiro atoms. The molecule has 0 radical (unpaired) electrons. The van der Waals surface area contributed by atoms with E-state index in [1.54, 1.807) is 18.7 Å². The van der Waals surface area contributed by atoms with Crippen molar-refractivity contribution in [2.75, 3.05) is 18.0 Å². The van der Waals surface area contributed by atoms with Crippen molar-refractivity contribution in [1.29, 1.82) is 0 Å². The number of carbonyl (C=O) groups excluding carboxylic acids is 2. The molecule has 2 fully saturated rings. The number of rotatable bonds is 4. The van der Waals surface area contributed by atoms with Gasteiger partial charge < -0.3 is 10.2 Å². The monoisotopic (exact) mass is 415 g/mol. The van der Waals surface area contributed by atoms with E-state index in [0.717, 1.165) is 30.8 Å². The highest BCUT2D eigenvalue weighted by Crippen LogP contribution is 2.39. The highest BCUT2D eigenvalue weighted by molar-refractivity contribution is 8.00. The Morgan fingerprint density at radius 1 is 1.21 bits per heavy atom. The van der Waals surface area contributed by atoms with Crippen molar-refractivity contribution >= 4 is 29.4 Å². The number of piperidine rings is 1. The molecule has 5 nitrogen and oxygen atoms in total. The summed E-state index contributed by atoms with van der Waals surface area (Å²) in [5, 5.41) is 3.33. The minimum absolute atomic E-state index is 0.00751. The van der Waals surface area contributed by atoms with Crippen LogP contribution in [0.4, 0.5) is 23.7 Å². The quantitative estimate of drug-likeness (QED) is 0.591. The molecule has 1 aromatic rings. The summed E-state index contributed by atoms with van der Waals surface area (Å²) in [6, 6.07) is 4.76. The minimum Gasteiger partial charge on any atom is -0.316 e. The number of hydrogen-bond acceptors (Lipinski definition) is 4. The number of halogens is 3. The van der Waals surface area contributed by atoms with Gasteiger partial charge in [0.2, 0.25) is 0 Å². The highest BCUT2D eigenvalue weighted by atomic mass is 32.2. The van der Waals surface area contributed by atoms with Crippen molar-refractivity contribution < 1.29 is 22.8 Å². The van der Waals surface area contributed by atoms with E-state index in [0.29, 0.717) is 0 Å². The highest BCUT2D eigenvalue weighted by Gasteiger charge is 2.54. The average Bonchev–Trinajstić information content (AvgIpc) is 2.79. The van der Waals surface area contributed by atoms with Gasteiger partial charge in [0.05, 0.1) is 5.69 Å². The fraction of sp³-hybridized carbons (Fsp3) is 0.579. The van der Waals surface area contributed by atoms with E-state index in [9.17, 15) is 22.8 Å². The average molecular weight is 415 g/mol. The summed E-state index contributed by atoms with van der Waals surface area (Å²) >= 11 is -0.228. The number of carbonyl (C=O) groups is 2. The van der Waals surface area contributed by atoms with Crippen LogP contribution in [0.25, 0.3) is 0 Å². The summed E-state index contributed by atoms with van der Waals surface area (Å²) in [7, 11) is 0. The zero-order chi connectivity index (χ0) is 20.7. The number of hydrogen-bond donors (Lipinski definition) is 1. The summed E-state index contributed by atoms with van der Waals surface area (Å²) in [5.41, 5.74) is -5.12. The molecule has 0 aromatic heterocycles. The van der Waals surface area contributed by atoms with E-state index in [-0.39, 0.29) is 40.2 Å². The van der Waals surface area contributed by atoms with Gasteiger partial charge in [-0.1, -0.05) is 0 Å². The number of benzene rings is 1. The Kier molecular flexibility index (Phi) is 5.69. The lowest BCUT2D eigenvalue weighted by atomic mass is 9.89. The second kappa shape index (κ2) is 7.59. The van der Waals surface area contributed by atoms with Crippen molar-refractivity contribution in [1.82, 2.24) is 10.2 Å². The Hall–Kier alpha value is -1.74. The van der Waals surface area contributed by atoms with Crippen LogP contribution in [0.5, 0.6) is 0 Å². The topological polar surface area (TPSA) is 52.7 Å². The summed E-state index contributed by atoms with van der Waals surface area (Å²) < 4.78 is 37.6. The van der Waals surface area contributed by atoms with Crippen LogP contribution in [0.1, 0.15) is 33.6 Å². The molecule has 2 atom stereocenters. The van der Waals surface area contributed by atoms with Crippen LogP contribution in [0.3, 0.4) is 0 Å². The van der Waals surface area contributed by atoms with Gasteiger partial charge >= 0.3 is 11.5 Å². The van der Waals surface area contributed by atoms with Gasteiger partial charge in [-0.3, -0.25) is 4.79 Å². The summed E-state index contributed by atoms with van der Waals surface area (Å²) in [6.45, 7) is 7.13. The van der Waals surface area contributed by atoms with Crippen LogP contribution in [-0.2, 0) is 4.79 Å². The maximum absolute atomic E-state index is 13.2. The fourth-order valence-corrected chi connectivity index (χ4v) is 4.56. The first kappa shape index (κ1) is 21.0. The largest absolute Gasteiger partial charge is 0.446 e.